The van der Waals surface area contributed by atoms with Gasteiger partial charge in [0.25, 0.3) is 5.91 Å². The van der Waals surface area contributed by atoms with Crippen LogP contribution in [0.1, 0.15) is 44.6 Å². The first-order valence-electron chi connectivity index (χ1n) is 11.1. The van der Waals surface area contributed by atoms with Crippen molar-refractivity contribution in [2.75, 3.05) is 4.90 Å². The summed E-state index contributed by atoms with van der Waals surface area (Å²) in [4.78, 5) is 31.8. The molecule has 160 valence electrons. The Hall–Kier alpha value is -2.57. The highest BCUT2D eigenvalue weighted by Gasteiger charge is 2.41. The van der Waals surface area contributed by atoms with Gasteiger partial charge >= 0.3 is 0 Å². The second kappa shape index (κ2) is 8.17. The highest BCUT2D eigenvalue weighted by molar-refractivity contribution is 7.21. The summed E-state index contributed by atoms with van der Waals surface area (Å²) >= 11 is 1.66. The van der Waals surface area contributed by atoms with Crippen molar-refractivity contribution >= 4 is 39.1 Å². The number of nitrogens with zero attached hydrogens (tertiary/aromatic N) is 2. The van der Waals surface area contributed by atoms with Crippen molar-refractivity contribution in [3.05, 3.63) is 48.0 Å². The van der Waals surface area contributed by atoms with Gasteiger partial charge in [-0.15, -0.1) is 11.3 Å². The van der Waals surface area contributed by atoms with E-state index in [1.165, 1.54) is 29.7 Å². The number of nitrogens with one attached hydrogen (secondary N) is 1. The third kappa shape index (κ3) is 3.90. The molecule has 5 rings (SSSR count). The van der Waals surface area contributed by atoms with Crippen molar-refractivity contribution in [1.29, 1.82) is 0 Å². The fourth-order valence-electron chi connectivity index (χ4n) is 4.76. The lowest BCUT2D eigenvalue weighted by molar-refractivity contribution is -0.121. The molecule has 0 unspecified atom stereocenters. The third-order valence-corrected chi connectivity index (χ3v) is 7.66. The van der Waals surface area contributed by atoms with E-state index in [0.717, 1.165) is 27.2 Å². The molecule has 1 aliphatic carbocycles. The van der Waals surface area contributed by atoms with Gasteiger partial charge in [0.2, 0.25) is 5.91 Å². The quantitative estimate of drug-likeness (QED) is 0.584. The number of aryl methyl sites for hydroxylation is 1. The molecule has 3 aromatic rings. The largest absolute Gasteiger partial charge is 0.302 e. The Morgan fingerprint density at radius 2 is 1.84 bits per heavy atom. The van der Waals surface area contributed by atoms with E-state index in [2.05, 4.69) is 31.3 Å². The molecule has 2 fully saturated rings. The van der Waals surface area contributed by atoms with E-state index in [1.807, 2.05) is 30.3 Å². The van der Waals surface area contributed by atoms with E-state index in [1.54, 1.807) is 11.3 Å². The molecule has 1 N–H and O–H groups in total. The number of thiazole rings is 1. The van der Waals surface area contributed by atoms with Gasteiger partial charge in [0.1, 0.15) is 5.01 Å². The first-order valence-corrected chi connectivity index (χ1v) is 11.9. The molecule has 0 bridgehead atoms. The number of benzene rings is 2. The van der Waals surface area contributed by atoms with Gasteiger partial charge in [0.15, 0.2) is 0 Å². The van der Waals surface area contributed by atoms with Crippen molar-refractivity contribution in [1.82, 2.24) is 10.3 Å². The molecule has 0 radical (unpaired) electrons. The molecule has 2 amide bonds. The predicted octanol–water partition coefficient (Wildman–Crippen LogP) is 5.07. The number of hydrogen-bond acceptors (Lipinski definition) is 5. The maximum absolute atomic E-state index is 13.0. The van der Waals surface area contributed by atoms with Crippen LogP contribution in [-0.4, -0.2) is 28.9 Å². The minimum atomic E-state index is -0.412. The summed E-state index contributed by atoms with van der Waals surface area (Å²) < 4.78 is 1.16. The average Bonchev–Trinajstić information content (AvgIpc) is 3.30. The first kappa shape index (κ1) is 20.3. The van der Waals surface area contributed by atoms with E-state index in [9.17, 15) is 9.59 Å². The van der Waals surface area contributed by atoms with E-state index >= 15 is 0 Å². The monoisotopic (exact) mass is 433 g/mol. The SMILES string of the molecule is Cc1ccc2nc(-c3ccc(N4C(=O)C[C@H](N[C@@H]5CCCC[C@H]5C)C4=O)cc3)sc2c1. The number of aromatic nitrogens is 1. The summed E-state index contributed by atoms with van der Waals surface area (Å²) in [5.74, 6) is 0.280. The summed E-state index contributed by atoms with van der Waals surface area (Å²) in [6, 6.07) is 13.8. The van der Waals surface area contributed by atoms with Gasteiger partial charge in [-0.2, -0.15) is 0 Å². The highest BCUT2D eigenvalue weighted by Crippen LogP contribution is 2.33. The maximum Gasteiger partial charge on any atom is 0.251 e. The van der Waals surface area contributed by atoms with Crippen molar-refractivity contribution in [3.63, 3.8) is 0 Å². The Kier molecular flexibility index (Phi) is 5.36. The van der Waals surface area contributed by atoms with E-state index in [-0.39, 0.29) is 18.2 Å². The number of fused-ring (bicyclic) bond motifs is 1. The Balaban J connectivity index is 1.33. The van der Waals surface area contributed by atoms with Gasteiger partial charge in [0, 0.05) is 11.6 Å². The van der Waals surface area contributed by atoms with Gasteiger partial charge in [-0.05, 0) is 67.6 Å². The number of amides is 2. The van der Waals surface area contributed by atoms with Crippen LogP contribution in [0.4, 0.5) is 5.69 Å². The van der Waals surface area contributed by atoms with Gasteiger partial charge in [-0.25, -0.2) is 9.88 Å². The minimum absolute atomic E-state index is 0.130. The molecule has 1 aliphatic heterocycles. The third-order valence-electron chi connectivity index (χ3n) is 6.59. The number of hydrogen-bond donors (Lipinski definition) is 1. The minimum Gasteiger partial charge on any atom is -0.302 e. The van der Waals surface area contributed by atoms with E-state index in [0.29, 0.717) is 17.6 Å². The molecule has 2 aromatic carbocycles. The molecular formula is C25H27N3O2S. The van der Waals surface area contributed by atoms with Crippen LogP contribution in [-0.2, 0) is 9.59 Å². The Morgan fingerprint density at radius 3 is 2.61 bits per heavy atom. The van der Waals surface area contributed by atoms with Crippen LogP contribution in [0.2, 0.25) is 0 Å². The van der Waals surface area contributed by atoms with Crippen molar-refractivity contribution in [3.8, 4) is 10.6 Å². The Labute approximate surface area is 186 Å². The lowest BCUT2D eigenvalue weighted by atomic mass is 9.85. The molecule has 2 aliphatic rings. The number of carbonyl (C=O) groups excluding carboxylic acids is 2. The van der Waals surface area contributed by atoms with Crippen LogP contribution in [0.25, 0.3) is 20.8 Å². The molecule has 5 nitrogen and oxygen atoms in total. The molecule has 1 saturated heterocycles. The summed E-state index contributed by atoms with van der Waals surface area (Å²) in [6.45, 7) is 4.31. The fraction of sp³-hybridized carbons (Fsp3) is 0.400. The Morgan fingerprint density at radius 1 is 1.06 bits per heavy atom. The van der Waals surface area contributed by atoms with E-state index in [4.69, 9.17) is 4.98 Å². The van der Waals surface area contributed by atoms with Gasteiger partial charge in [-0.3, -0.25) is 9.59 Å². The summed E-state index contributed by atoms with van der Waals surface area (Å²) in [7, 11) is 0. The molecular weight excluding hydrogens is 406 g/mol. The molecule has 0 spiro atoms. The Bertz CT molecular complexity index is 1140. The zero-order valence-electron chi connectivity index (χ0n) is 17.9. The number of anilines is 1. The number of rotatable bonds is 4. The zero-order valence-corrected chi connectivity index (χ0v) is 18.7. The standard InChI is InChI=1S/C25H27N3O2S/c1-15-7-12-20-22(13-15)31-24(27-20)17-8-10-18(11-9-17)28-23(29)14-21(25(28)30)26-19-6-4-3-5-16(19)2/h7-13,16,19,21,26H,3-6,14H2,1-2H3/t16-,19-,21+/m1/s1. The van der Waals surface area contributed by atoms with Crippen LogP contribution >= 0.6 is 11.3 Å². The van der Waals surface area contributed by atoms with Gasteiger partial charge in [0.05, 0.1) is 28.4 Å². The number of imide groups is 1. The molecule has 1 aromatic heterocycles. The van der Waals surface area contributed by atoms with Crippen LogP contribution < -0.4 is 10.2 Å². The summed E-state index contributed by atoms with van der Waals surface area (Å²) in [5.41, 5.74) is 3.84. The van der Waals surface area contributed by atoms with Crippen molar-refractivity contribution in [2.24, 2.45) is 5.92 Å². The maximum atomic E-state index is 13.0. The van der Waals surface area contributed by atoms with Crippen LogP contribution in [0.5, 0.6) is 0 Å². The van der Waals surface area contributed by atoms with Crippen molar-refractivity contribution in [2.45, 2.75) is 58.0 Å². The summed E-state index contributed by atoms with van der Waals surface area (Å²) in [5, 5.41) is 4.43. The normalized spacial score (nSPS) is 24.3. The molecule has 31 heavy (non-hydrogen) atoms. The topological polar surface area (TPSA) is 62.3 Å². The van der Waals surface area contributed by atoms with Crippen LogP contribution in [0, 0.1) is 12.8 Å². The van der Waals surface area contributed by atoms with E-state index < -0.39 is 6.04 Å². The predicted molar refractivity (Wildman–Crippen MR) is 125 cm³/mol. The van der Waals surface area contributed by atoms with Crippen molar-refractivity contribution < 1.29 is 9.59 Å². The molecule has 1 saturated carbocycles. The second-order valence-electron chi connectivity index (χ2n) is 8.90. The number of carbonyl (C=O) groups is 2. The lowest BCUT2D eigenvalue weighted by Gasteiger charge is -2.31. The first-order chi connectivity index (χ1) is 15.0. The van der Waals surface area contributed by atoms with Gasteiger partial charge < -0.3 is 5.32 Å². The highest BCUT2D eigenvalue weighted by atomic mass is 32.1. The lowest BCUT2D eigenvalue weighted by Crippen LogP contribution is -2.47. The fourth-order valence-corrected chi connectivity index (χ4v) is 5.83. The molecule has 6 heteroatoms. The molecule has 2 heterocycles. The smallest absolute Gasteiger partial charge is 0.251 e. The average molecular weight is 434 g/mol. The zero-order chi connectivity index (χ0) is 21.5. The molecule has 3 atom stereocenters. The van der Waals surface area contributed by atoms with Crippen LogP contribution in [0.3, 0.4) is 0 Å². The van der Waals surface area contributed by atoms with Crippen LogP contribution in [0.15, 0.2) is 42.5 Å². The second-order valence-corrected chi connectivity index (χ2v) is 9.93. The summed E-state index contributed by atoms with van der Waals surface area (Å²) in [6.07, 6.45) is 4.94. The van der Waals surface area contributed by atoms with Gasteiger partial charge in [-0.1, -0.05) is 25.8 Å².